The van der Waals surface area contributed by atoms with E-state index in [1.54, 1.807) is 18.0 Å². The fourth-order valence-corrected chi connectivity index (χ4v) is 3.28. The maximum absolute atomic E-state index is 12.6. The van der Waals surface area contributed by atoms with Crippen LogP contribution in [0, 0.1) is 0 Å². The van der Waals surface area contributed by atoms with E-state index in [4.69, 9.17) is 0 Å². The molecule has 4 nitrogen and oxygen atoms in total. The molecule has 3 rings (SSSR count). The van der Waals surface area contributed by atoms with Gasteiger partial charge >= 0.3 is 0 Å². The lowest BCUT2D eigenvalue weighted by atomic mass is 10.1. The molecule has 0 bridgehead atoms. The van der Waals surface area contributed by atoms with Crippen LogP contribution in [-0.2, 0) is 0 Å². The Morgan fingerprint density at radius 1 is 1.27 bits per heavy atom. The van der Waals surface area contributed by atoms with Crippen LogP contribution in [0.1, 0.15) is 17.3 Å². The Kier molecular flexibility index (Phi) is 4.75. The highest BCUT2D eigenvalue weighted by molar-refractivity contribution is 7.99. The minimum absolute atomic E-state index is 0.114. The summed E-state index contributed by atoms with van der Waals surface area (Å²) in [6.45, 7) is 4.57. The summed E-state index contributed by atoms with van der Waals surface area (Å²) in [4.78, 5) is 19.9. The van der Waals surface area contributed by atoms with Crippen LogP contribution in [0.25, 0.3) is 0 Å². The topological polar surface area (TPSA) is 45.2 Å². The molecule has 114 valence electrons. The van der Waals surface area contributed by atoms with Gasteiger partial charge in [0.05, 0.1) is 0 Å². The molecule has 1 aliphatic rings. The van der Waals surface area contributed by atoms with Crippen molar-refractivity contribution in [3.8, 4) is 0 Å². The van der Waals surface area contributed by atoms with E-state index in [9.17, 15) is 4.79 Å². The van der Waals surface area contributed by atoms with Crippen molar-refractivity contribution in [1.29, 1.82) is 0 Å². The van der Waals surface area contributed by atoms with E-state index in [1.165, 1.54) is 0 Å². The summed E-state index contributed by atoms with van der Waals surface area (Å²) < 4.78 is 0. The average Bonchev–Trinajstić information content (AvgIpc) is 2.56. The minimum Gasteiger partial charge on any atom is -0.333 e. The van der Waals surface area contributed by atoms with Gasteiger partial charge in [-0.15, -0.1) is 0 Å². The lowest BCUT2D eigenvalue weighted by molar-refractivity contribution is 0.0655. The predicted octanol–water partition coefficient (Wildman–Crippen LogP) is 2.67. The van der Waals surface area contributed by atoms with Gasteiger partial charge in [-0.05, 0) is 43.3 Å². The molecule has 0 saturated carbocycles. The third-order valence-corrected chi connectivity index (χ3v) is 4.68. The largest absolute Gasteiger partial charge is 0.333 e. The van der Waals surface area contributed by atoms with Gasteiger partial charge in [-0.2, -0.15) is 0 Å². The smallest absolute Gasteiger partial charge is 0.254 e. The number of rotatable bonds is 3. The fourth-order valence-electron chi connectivity index (χ4n) is 2.50. The number of carbonyl (C=O) groups excluding carboxylic acids is 1. The number of hydrogen-bond donors (Lipinski definition) is 1. The van der Waals surface area contributed by atoms with Crippen molar-refractivity contribution in [3.05, 3.63) is 54.2 Å². The maximum atomic E-state index is 12.6. The zero-order valence-corrected chi connectivity index (χ0v) is 13.3. The number of carbonyl (C=O) groups is 1. The fraction of sp³-hybridized carbons (Fsp3) is 0.294. The van der Waals surface area contributed by atoms with Gasteiger partial charge in [-0.3, -0.25) is 4.79 Å². The Morgan fingerprint density at radius 2 is 2.09 bits per heavy atom. The molecule has 0 aliphatic carbocycles. The lowest BCUT2D eigenvalue weighted by Gasteiger charge is -2.34. The van der Waals surface area contributed by atoms with Gasteiger partial charge in [-0.1, -0.05) is 17.8 Å². The molecular weight excluding hydrogens is 294 g/mol. The molecule has 1 aromatic carbocycles. The average molecular weight is 313 g/mol. The van der Waals surface area contributed by atoms with Gasteiger partial charge in [0, 0.05) is 42.3 Å². The first kappa shape index (κ1) is 15.1. The Bertz CT molecular complexity index is 630. The molecule has 5 heteroatoms. The number of pyridine rings is 1. The van der Waals surface area contributed by atoms with Crippen LogP contribution >= 0.6 is 11.8 Å². The van der Waals surface area contributed by atoms with Gasteiger partial charge in [0.25, 0.3) is 5.91 Å². The van der Waals surface area contributed by atoms with Gasteiger partial charge < -0.3 is 10.2 Å². The molecule has 2 aromatic rings. The lowest BCUT2D eigenvalue weighted by Crippen LogP contribution is -2.52. The number of nitrogens with zero attached hydrogens (tertiary/aromatic N) is 2. The summed E-state index contributed by atoms with van der Waals surface area (Å²) in [6.07, 6.45) is 1.78. The van der Waals surface area contributed by atoms with Crippen molar-refractivity contribution in [2.45, 2.75) is 22.9 Å². The maximum Gasteiger partial charge on any atom is 0.254 e. The molecule has 1 saturated heterocycles. The first-order chi connectivity index (χ1) is 10.7. The summed E-state index contributed by atoms with van der Waals surface area (Å²) in [6, 6.07) is 13.9. The van der Waals surface area contributed by atoms with Crippen LogP contribution in [0.5, 0.6) is 0 Å². The van der Waals surface area contributed by atoms with Crippen molar-refractivity contribution in [2.24, 2.45) is 0 Å². The zero-order valence-electron chi connectivity index (χ0n) is 12.5. The van der Waals surface area contributed by atoms with Crippen molar-refractivity contribution in [2.75, 3.05) is 19.6 Å². The second-order valence-electron chi connectivity index (χ2n) is 5.35. The van der Waals surface area contributed by atoms with Crippen LogP contribution in [0.15, 0.2) is 58.6 Å². The minimum atomic E-state index is 0.114. The Labute approximate surface area is 134 Å². The van der Waals surface area contributed by atoms with E-state index in [0.29, 0.717) is 0 Å². The van der Waals surface area contributed by atoms with E-state index in [1.807, 2.05) is 47.4 Å². The summed E-state index contributed by atoms with van der Waals surface area (Å²) in [5.74, 6) is 0.114. The number of piperazine rings is 1. The number of benzene rings is 1. The predicted molar refractivity (Wildman–Crippen MR) is 88.2 cm³/mol. The third kappa shape index (κ3) is 3.48. The molecule has 0 radical (unpaired) electrons. The highest BCUT2D eigenvalue weighted by Crippen LogP contribution is 2.26. The first-order valence-corrected chi connectivity index (χ1v) is 8.26. The molecule has 22 heavy (non-hydrogen) atoms. The molecule has 1 aromatic heterocycles. The Hall–Kier alpha value is -1.85. The molecular formula is C17H19N3OS. The van der Waals surface area contributed by atoms with Crippen LogP contribution in [0.3, 0.4) is 0 Å². The van der Waals surface area contributed by atoms with Gasteiger partial charge in [0.2, 0.25) is 0 Å². The van der Waals surface area contributed by atoms with Crippen molar-refractivity contribution in [3.63, 3.8) is 0 Å². The van der Waals surface area contributed by atoms with E-state index >= 15 is 0 Å². The highest BCUT2D eigenvalue weighted by Gasteiger charge is 2.23. The first-order valence-electron chi connectivity index (χ1n) is 7.44. The molecule has 2 heterocycles. The highest BCUT2D eigenvalue weighted by atomic mass is 32.2. The standard InChI is InChI=1S/C17H19N3OS/c1-13-12-18-10-11-20(13)17(21)14-5-7-15(8-6-14)22-16-4-2-3-9-19-16/h2-9,13,18H,10-12H2,1H3/t13-/m1/s1. The summed E-state index contributed by atoms with van der Waals surface area (Å²) in [5, 5.41) is 4.26. The molecule has 1 N–H and O–H groups in total. The third-order valence-electron chi connectivity index (χ3n) is 3.72. The summed E-state index contributed by atoms with van der Waals surface area (Å²) in [5.41, 5.74) is 0.749. The monoisotopic (exact) mass is 313 g/mol. The van der Waals surface area contributed by atoms with Gasteiger partial charge in [-0.25, -0.2) is 4.98 Å². The molecule has 1 aliphatic heterocycles. The quantitative estimate of drug-likeness (QED) is 0.946. The SMILES string of the molecule is C[C@@H]1CNCCN1C(=O)c1ccc(Sc2ccccn2)cc1. The summed E-state index contributed by atoms with van der Waals surface area (Å²) >= 11 is 1.60. The van der Waals surface area contributed by atoms with Crippen molar-refractivity contribution >= 4 is 17.7 Å². The molecule has 0 unspecified atom stereocenters. The van der Waals surface area contributed by atoms with Gasteiger partial charge in [0.1, 0.15) is 5.03 Å². The second kappa shape index (κ2) is 6.94. The van der Waals surface area contributed by atoms with Crippen molar-refractivity contribution < 1.29 is 4.79 Å². The van der Waals surface area contributed by atoms with Crippen LogP contribution in [0.2, 0.25) is 0 Å². The van der Waals surface area contributed by atoms with E-state index in [2.05, 4.69) is 17.2 Å². The van der Waals surface area contributed by atoms with Crippen molar-refractivity contribution in [1.82, 2.24) is 15.2 Å². The second-order valence-corrected chi connectivity index (χ2v) is 6.44. The summed E-state index contributed by atoms with van der Waals surface area (Å²) in [7, 11) is 0. The van der Waals surface area contributed by atoms with E-state index in [-0.39, 0.29) is 11.9 Å². The van der Waals surface area contributed by atoms with E-state index < -0.39 is 0 Å². The molecule has 0 spiro atoms. The van der Waals surface area contributed by atoms with Crippen LogP contribution in [0.4, 0.5) is 0 Å². The van der Waals surface area contributed by atoms with Crippen LogP contribution in [-0.4, -0.2) is 41.5 Å². The normalized spacial score (nSPS) is 18.2. The molecule has 1 amide bonds. The number of amides is 1. The number of aromatic nitrogens is 1. The Morgan fingerprint density at radius 3 is 2.77 bits per heavy atom. The van der Waals surface area contributed by atoms with Crippen LogP contribution < -0.4 is 5.32 Å². The van der Waals surface area contributed by atoms with Gasteiger partial charge in [0.15, 0.2) is 0 Å². The number of nitrogens with one attached hydrogen (secondary N) is 1. The Balaban J connectivity index is 1.69. The molecule has 1 fully saturated rings. The van der Waals surface area contributed by atoms with E-state index in [0.717, 1.165) is 35.1 Å². The number of hydrogen-bond acceptors (Lipinski definition) is 4. The zero-order chi connectivity index (χ0) is 15.4. The molecule has 1 atom stereocenters.